The summed E-state index contributed by atoms with van der Waals surface area (Å²) in [5.74, 6) is -1.22. The molecule has 0 radical (unpaired) electrons. The lowest BCUT2D eigenvalue weighted by Gasteiger charge is -2.23. The zero-order chi connectivity index (χ0) is 24.1. The van der Waals surface area contributed by atoms with Crippen molar-refractivity contribution in [1.82, 2.24) is 9.55 Å². The molecule has 0 amide bonds. The molecule has 2 heterocycles. The van der Waals surface area contributed by atoms with Crippen LogP contribution in [0.15, 0.2) is 82.5 Å². The highest BCUT2D eigenvalue weighted by Crippen LogP contribution is 2.33. The Hall–Kier alpha value is -4.02. The van der Waals surface area contributed by atoms with E-state index in [1.165, 1.54) is 13.3 Å². The number of nitrogens with zero attached hydrogens (tertiary/aromatic N) is 1. The van der Waals surface area contributed by atoms with Gasteiger partial charge in [-0.05, 0) is 24.3 Å². The summed E-state index contributed by atoms with van der Waals surface area (Å²) in [5.41, 5.74) is -0.653. The molecule has 2 aromatic carbocycles. The maximum Gasteiger partial charge on any atom is 0.338 e. The van der Waals surface area contributed by atoms with Crippen molar-refractivity contribution in [2.24, 2.45) is 0 Å². The zero-order valence-electron chi connectivity index (χ0n) is 18.2. The van der Waals surface area contributed by atoms with Gasteiger partial charge in [-0.15, -0.1) is 0 Å². The van der Waals surface area contributed by atoms with Gasteiger partial charge in [0.1, 0.15) is 18.8 Å². The SMILES string of the molecule is CO[C@@H]1[C@H](OC(=O)c2ccccc2)[C@@H](COC(=O)c2ccccc2)O[C@@H]1n1ccc(=O)[nH]c1=O. The first-order valence-corrected chi connectivity index (χ1v) is 10.5. The van der Waals surface area contributed by atoms with E-state index in [9.17, 15) is 19.2 Å². The molecule has 1 aromatic heterocycles. The van der Waals surface area contributed by atoms with E-state index in [1.54, 1.807) is 60.7 Å². The Balaban J connectivity index is 1.60. The molecule has 0 spiro atoms. The van der Waals surface area contributed by atoms with E-state index in [-0.39, 0.29) is 6.61 Å². The lowest BCUT2D eigenvalue weighted by molar-refractivity contribution is -0.0657. The van der Waals surface area contributed by atoms with E-state index in [2.05, 4.69) is 4.98 Å². The van der Waals surface area contributed by atoms with Crippen LogP contribution < -0.4 is 11.2 Å². The van der Waals surface area contributed by atoms with Crippen LogP contribution in [0.25, 0.3) is 0 Å². The van der Waals surface area contributed by atoms with Gasteiger partial charge in [0, 0.05) is 19.4 Å². The van der Waals surface area contributed by atoms with Gasteiger partial charge in [0.05, 0.1) is 11.1 Å². The highest BCUT2D eigenvalue weighted by atomic mass is 16.6. The summed E-state index contributed by atoms with van der Waals surface area (Å²) in [7, 11) is 1.37. The third kappa shape index (κ3) is 4.98. The molecule has 10 nitrogen and oxygen atoms in total. The van der Waals surface area contributed by atoms with E-state index < -0.39 is 47.7 Å². The van der Waals surface area contributed by atoms with Gasteiger partial charge in [-0.3, -0.25) is 14.3 Å². The van der Waals surface area contributed by atoms with Crippen LogP contribution in [0.3, 0.4) is 0 Å². The van der Waals surface area contributed by atoms with Crippen LogP contribution in [0.2, 0.25) is 0 Å². The molecule has 34 heavy (non-hydrogen) atoms. The maximum absolute atomic E-state index is 12.8. The molecule has 1 fully saturated rings. The van der Waals surface area contributed by atoms with Gasteiger partial charge < -0.3 is 18.9 Å². The first-order chi connectivity index (χ1) is 16.5. The first-order valence-electron chi connectivity index (χ1n) is 10.5. The molecule has 0 unspecified atom stereocenters. The Kier molecular flexibility index (Phi) is 7.00. The second-order valence-corrected chi connectivity index (χ2v) is 7.48. The Morgan fingerprint density at radius 1 is 0.912 bits per heavy atom. The summed E-state index contributed by atoms with van der Waals surface area (Å²) in [6.45, 7) is -0.269. The normalized spacial score (nSPS) is 21.7. The summed E-state index contributed by atoms with van der Waals surface area (Å²) < 4.78 is 23.7. The number of H-pyrrole nitrogens is 1. The van der Waals surface area contributed by atoms with Gasteiger partial charge in [0.15, 0.2) is 12.3 Å². The van der Waals surface area contributed by atoms with Gasteiger partial charge in [0.2, 0.25) is 0 Å². The monoisotopic (exact) mass is 466 g/mol. The number of benzene rings is 2. The number of rotatable bonds is 7. The van der Waals surface area contributed by atoms with Crippen molar-refractivity contribution in [1.29, 1.82) is 0 Å². The summed E-state index contributed by atoms with van der Waals surface area (Å²) in [6.07, 6.45) is -2.70. The molecule has 0 aliphatic carbocycles. The minimum Gasteiger partial charge on any atom is -0.459 e. The van der Waals surface area contributed by atoms with Gasteiger partial charge in [0.25, 0.3) is 5.56 Å². The van der Waals surface area contributed by atoms with Gasteiger partial charge in [-0.25, -0.2) is 14.4 Å². The number of methoxy groups -OCH3 is 1. The molecule has 0 bridgehead atoms. The van der Waals surface area contributed by atoms with E-state index in [0.717, 1.165) is 10.6 Å². The average molecular weight is 466 g/mol. The molecule has 3 aromatic rings. The minimum absolute atomic E-state index is 0.269. The van der Waals surface area contributed by atoms with Gasteiger partial charge in [-0.2, -0.15) is 0 Å². The number of ether oxygens (including phenoxy) is 4. The smallest absolute Gasteiger partial charge is 0.338 e. The Morgan fingerprint density at radius 2 is 1.53 bits per heavy atom. The molecule has 4 atom stereocenters. The molecule has 0 saturated carbocycles. The number of hydrogen-bond acceptors (Lipinski definition) is 8. The number of carbonyl (C=O) groups is 2. The molecule has 1 saturated heterocycles. The Labute approximate surface area is 193 Å². The predicted octanol–water partition coefficient (Wildman–Crippen LogP) is 1.53. The fourth-order valence-corrected chi connectivity index (χ4v) is 3.67. The number of esters is 2. The van der Waals surface area contributed by atoms with E-state index in [0.29, 0.717) is 11.1 Å². The predicted molar refractivity (Wildman–Crippen MR) is 118 cm³/mol. The van der Waals surface area contributed by atoms with Crippen molar-refractivity contribution < 1.29 is 28.5 Å². The highest BCUT2D eigenvalue weighted by molar-refractivity contribution is 5.90. The van der Waals surface area contributed by atoms with Crippen LogP contribution in [0, 0.1) is 0 Å². The Bertz CT molecular complexity index is 1250. The van der Waals surface area contributed by atoms with Crippen LogP contribution in [0.4, 0.5) is 0 Å². The molecular weight excluding hydrogens is 444 g/mol. The van der Waals surface area contributed by atoms with Crippen molar-refractivity contribution in [3.63, 3.8) is 0 Å². The topological polar surface area (TPSA) is 126 Å². The minimum atomic E-state index is -1.05. The van der Waals surface area contributed by atoms with Gasteiger partial charge in [-0.1, -0.05) is 36.4 Å². The van der Waals surface area contributed by atoms with Crippen molar-refractivity contribution in [2.45, 2.75) is 24.5 Å². The van der Waals surface area contributed by atoms with Crippen molar-refractivity contribution in [3.8, 4) is 0 Å². The van der Waals surface area contributed by atoms with Crippen LogP contribution >= 0.6 is 0 Å². The van der Waals surface area contributed by atoms with Crippen molar-refractivity contribution in [3.05, 3.63) is 105 Å². The number of hydrogen-bond donors (Lipinski definition) is 1. The molecule has 176 valence electrons. The zero-order valence-corrected chi connectivity index (χ0v) is 18.2. The number of aromatic nitrogens is 2. The van der Waals surface area contributed by atoms with Crippen molar-refractivity contribution in [2.75, 3.05) is 13.7 Å². The fraction of sp³-hybridized carbons (Fsp3) is 0.250. The third-order valence-electron chi connectivity index (χ3n) is 5.32. The molecular formula is C24H22N2O8. The fourth-order valence-electron chi connectivity index (χ4n) is 3.67. The molecule has 4 rings (SSSR count). The number of nitrogens with one attached hydrogen (secondary N) is 1. The Morgan fingerprint density at radius 3 is 2.12 bits per heavy atom. The largest absolute Gasteiger partial charge is 0.459 e. The van der Waals surface area contributed by atoms with Crippen LogP contribution in [0.1, 0.15) is 26.9 Å². The number of carbonyl (C=O) groups excluding carboxylic acids is 2. The van der Waals surface area contributed by atoms with Crippen molar-refractivity contribution >= 4 is 11.9 Å². The molecule has 1 aliphatic heterocycles. The van der Waals surface area contributed by atoms with Gasteiger partial charge >= 0.3 is 17.6 Å². The van der Waals surface area contributed by atoms with Crippen LogP contribution in [0.5, 0.6) is 0 Å². The summed E-state index contributed by atoms with van der Waals surface area (Å²) >= 11 is 0. The third-order valence-corrected chi connectivity index (χ3v) is 5.32. The van der Waals surface area contributed by atoms with E-state index >= 15 is 0 Å². The summed E-state index contributed by atoms with van der Waals surface area (Å²) in [6, 6.07) is 17.9. The van der Waals surface area contributed by atoms with E-state index in [4.69, 9.17) is 18.9 Å². The first kappa shape index (κ1) is 23.1. The number of aromatic amines is 1. The lowest BCUT2D eigenvalue weighted by Crippen LogP contribution is -2.41. The summed E-state index contributed by atoms with van der Waals surface area (Å²) in [5, 5.41) is 0. The second kappa shape index (κ2) is 10.3. The molecule has 10 heteroatoms. The van der Waals surface area contributed by atoms with Crippen LogP contribution in [-0.4, -0.2) is 53.5 Å². The average Bonchev–Trinajstić information content (AvgIpc) is 3.20. The molecule has 1 aliphatic rings. The maximum atomic E-state index is 12.8. The quantitative estimate of drug-likeness (QED) is 0.520. The van der Waals surface area contributed by atoms with E-state index in [1.807, 2.05) is 0 Å². The summed E-state index contributed by atoms with van der Waals surface area (Å²) in [4.78, 5) is 51.2. The highest BCUT2D eigenvalue weighted by Gasteiger charge is 2.49. The molecule has 1 N–H and O–H groups in total. The second-order valence-electron chi connectivity index (χ2n) is 7.48. The lowest BCUT2D eigenvalue weighted by atomic mass is 10.1. The standard InChI is InChI=1S/C24H22N2O8/c1-31-20-19(34-23(29)16-10-6-3-7-11-16)17(14-32-22(28)15-8-4-2-5-9-15)33-21(20)26-13-12-18(27)25-24(26)30/h2-13,17,19-21H,14H2,1H3,(H,25,27,30)/t17-,19-,20-,21+/m1/s1. The van der Waals surface area contributed by atoms with Crippen LogP contribution in [-0.2, 0) is 18.9 Å².